The van der Waals surface area contributed by atoms with Gasteiger partial charge >= 0.3 is 5.97 Å². The lowest BCUT2D eigenvalue weighted by Gasteiger charge is -2.07. The number of carboxylic acid groups (broad SMARTS) is 1. The van der Waals surface area contributed by atoms with Gasteiger partial charge in [-0.2, -0.15) is 0 Å². The first-order valence-electron chi connectivity index (χ1n) is 5.51. The van der Waals surface area contributed by atoms with Crippen molar-refractivity contribution in [3.05, 3.63) is 47.7 Å². The molecule has 3 nitrogen and oxygen atoms in total. The number of hydrogen-bond acceptors (Lipinski definition) is 1. The Hall–Kier alpha value is -2.03. The Morgan fingerprint density at radius 1 is 1.24 bits per heavy atom. The maximum atomic E-state index is 10.8. The van der Waals surface area contributed by atoms with Crippen molar-refractivity contribution in [1.82, 2.24) is 4.57 Å². The van der Waals surface area contributed by atoms with Crippen LogP contribution in [-0.2, 0) is 18.3 Å². The van der Waals surface area contributed by atoms with E-state index in [1.54, 1.807) is 0 Å². The summed E-state index contributed by atoms with van der Waals surface area (Å²) in [5.41, 5.74) is 4.08. The summed E-state index contributed by atoms with van der Waals surface area (Å²) in [5.74, 6) is -0.801. The second-order valence-electron chi connectivity index (χ2n) is 4.24. The standard InChI is InChI=1S/C14H15NO2/c1-10-3-5-11(6-4-10)14-12(9-13(16)17)7-8-15(14)2/h3-8H,9H2,1-2H3,(H,16,17). The summed E-state index contributed by atoms with van der Waals surface area (Å²) in [6.07, 6.45) is 1.96. The smallest absolute Gasteiger partial charge is 0.307 e. The molecule has 0 saturated heterocycles. The largest absolute Gasteiger partial charge is 0.481 e. The van der Waals surface area contributed by atoms with Gasteiger partial charge in [-0.25, -0.2) is 0 Å². The molecule has 1 aromatic carbocycles. The van der Waals surface area contributed by atoms with Crippen molar-refractivity contribution in [2.45, 2.75) is 13.3 Å². The predicted molar refractivity (Wildman–Crippen MR) is 66.9 cm³/mol. The van der Waals surface area contributed by atoms with Crippen LogP contribution < -0.4 is 0 Å². The minimum Gasteiger partial charge on any atom is -0.481 e. The number of aliphatic carboxylic acids is 1. The Morgan fingerprint density at radius 2 is 1.88 bits per heavy atom. The SMILES string of the molecule is Cc1ccc(-c2c(CC(=O)O)ccn2C)cc1. The molecule has 0 aliphatic carbocycles. The van der Waals surface area contributed by atoms with E-state index < -0.39 is 5.97 Å². The summed E-state index contributed by atoms with van der Waals surface area (Å²) in [6, 6.07) is 9.98. The molecule has 3 heteroatoms. The highest BCUT2D eigenvalue weighted by atomic mass is 16.4. The number of hydrogen-bond donors (Lipinski definition) is 1. The van der Waals surface area contributed by atoms with Gasteiger partial charge in [-0.3, -0.25) is 4.79 Å². The zero-order valence-electron chi connectivity index (χ0n) is 9.97. The Morgan fingerprint density at radius 3 is 2.47 bits per heavy atom. The van der Waals surface area contributed by atoms with E-state index in [2.05, 4.69) is 0 Å². The zero-order valence-corrected chi connectivity index (χ0v) is 9.97. The summed E-state index contributed by atoms with van der Waals surface area (Å²) < 4.78 is 1.96. The first-order valence-corrected chi connectivity index (χ1v) is 5.51. The van der Waals surface area contributed by atoms with Gasteiger partial charge < -0.3 is 9.67 Å². The van der Waals surface area contributed by atoms with Gasteiger partial charge in [-0.1, -0.05) is 29.8 Å². The molecule has 0 amide bonds. The van der Waals surface area contributed by atoms with Gasteiger partial charge in [0.05, 0.1) is 12.1 Å². The van der Waals surface area contributed by atoms with Crippen molar-refractivity contribution >= 4 is 5.97 Å². The molecule has 1 heterocycles. The number of aromatic nitrogens is 1. The van der Waals surface area contributed by atoms with Crippen LogP contribution in [0.3, 0.4) is 0 Å². The molecule has 0 radical (unpaired) electrons. The molecule has 2 rings (SSSR count). The minimum absolute atomic E-state index is 0.0596. The molecule has 1 N–H and O–H groups in total. The maximum absolute atomic E-state index is 10.8. The summed E-state index contributed by atoms with van der Waals surface area (Å²) in [6.45, 7) is 2.03. The van der Waals surface area contributed by atoms with Crippen molar-refractivity contribution < 1.29 is 9.90 Å². The molecular formula is C14H15NO2. The lowest BCUT2D eigenvalue weighted by atomic mass is 10.0. The monoisotopic (exact) mass is 229 g/mol. The van der Waals surface area contributed by atoms with Gasteiger partial charge in [0.15, 0.2) is 0 Å². The maximum Gasteiger partial charge on any atom is 0.307 e. The molecule has 0 atom stereocenters. The third kappa shape index (κ3) is 2.38. The summed E-state index contributed by atoms with van der Waals surface area (Å²) in [7, 11) is 1.93. The molecule has 2 aromatic rings. The third-order valence-corrected chi connectivity index (χ3v) is 2.82. The van der Waals surface area contributed by atoms with E-state index in [4.69, 9.17) is 5.11 Å². The average Bonchev–Trinajstić information content (AvgIpc) is 2.61. The first-order chi connectivity index (χ1) is 8.08. The Balaban J connectivity index is 2.46. The summed E-state index contributed by atoms with van der Waals surface area (Å²) >= 11 is 0. The highest BCUT2D eigenvalue weighted by Gasteiger charge is 2.11. The fraction of sp³-hybridized carbons (Fsp3) is 0.214. The Labute approximate surface area is 100 Å². The lowest BCUT2D eigenvalue weighted by molar-refractivity contribution is -0.136. The molecule has 0 aliphatic rings. The van der Waals surface area contributed by atoms with Gasteiger partial charge in [0.25, 0.3) is 0 Å². The second-order valence-corrected chi connectivity index (χ2v) is 4.24. The number of benzene rings is 1. The number of rotatable bonds is 3. The molecular weight excluding hydrogens is 214 g/mol. The summed E-state index contributed by atoms with van der Waals surface area (Å²) in [4.78, 5) is 10.8. The normalized spacial score (nSPS) is 10.5. The molecule has 0 fully saturated rings. The predicted octanol–water partition coefficient (Wildman–Crippen LogP) is 2.63. The van der Waals surface area contributed by atoms with Crippen molar-refractivity contribution in [1.29, 1.82) is 0 Å². The van der Waals surface area contributed by atoms with Crippen LogP contribution in [0.1, 0.15) is 11.1 Å². The van der Waals surface area contributed by atoms with Crippen LogP contribution in [0.5, 0.6) is 0 Å². The van der Waals surface area contributed by atoms with E-state index in [0.29, 0.717) is 0 Å². The van der Waals surface area contributed by atoms with Crippen LogP contribution in [0.25, 0.3) is 11.3 Å². The van der Waals surface area contributed by atoms with Crippen LogP contribution >= 0.6 is 0 Å². The molecule has 1 aromatic heterocycles. The van der Waals surface area contributed by atoms with E-state index >= 15 is 0 Å². The van der Waals surface area contributed by atoms with E-state index in [1.807, 2.05) is 55.1 Å². The second kappa shape index (κ2) is 4.45. The molecule has 0 spiro atoms. The molecule has 0 unspecified atom stereocenters. The number of carboxylic acids is 1. The topological polar surface area (TPSA) is 42.2 Å². The number of carbonyl (C=O) groups is 1. The molecule has 0 bridgehead atoms. The van der Waals surface area contributed by atoms with Crippen molar-refractivity contribution in [3.8, 4) is 11.3 Å². The highest BCUT2D eigenvalue weighted by Crippen LogP contribution is 2.25. The van der Waals surface area contributed by atoms with Gasteiger partial charge in [0.2, 0.25) is 0 Å². The third-order valence-electron chi connectivity index (χ3n) is 2.82. The van der Waals surface area contributed by atoms with Gasteiger partial charge in [-0.15, -0.1) is 0 Å². The molecule has 0 aliphatic heterocycles. The van der Waals surface area contributed by atoms with Crippen LogP contribution in [0.4, 0.5) is 0 Å². The quantitative estimate of drug-likeness (QED) is 0.879. The average molecular weight is 229 g/mol. The van der Waals surface area contributed by atoms with E-state index in [9.17, 15) is 4.79 Å². The van der Waals surface area contributed by atoms with E-state index in [1.165, 1.54) is 5.56 Å². The number of nitrogens with zero attached hydrogens (tertiary/aromatic N) is 1. The minimum atomic E-state index is -0.801. The van der Waals surface area contributed by atoms with E-state index in [0.717, 1.165) is 16.8 Å². The Bertz CT molecular complexity index is 538. The number of aryl methyl sites for hydroxylation is 2. The van der Waals surface area contributed by atoms with Crippen molar-refractivity contribution in [3.63, 3.8) is 0 Å². The van der Waals surface area contributed by atoms with Crippen LogP contribution in [0.2, 0.25) is 0 Å². The molecule has 88 valence electrons. The Kier molecular flexibility index (Phi) is 3.00. The van der Waals surface area contributed by atoms with Crippen molar-refractivity contribution in [2.24, 2.45) is 7.05 Å². The van der Waals surface area contributed by atoms with Crippen LogP contribution in [-0.4, -0.2) is 15.6 Å². The van der Waals surface area contributed by atoms with Crippen LogP contribution in [0, 0.1) is 6.92 Å². The van der Waals surface area contributed by atoms with Crippen molar-refractivity contribution in [2.75, 3.05) is 0 Å². The lowest BCUT2D eigenvalue weighted by Crippen LogP contribution is -2.02. The van der Waals surface area contributed by atoms with Gasteiger partial charge in [0.1, 0.15) is 0 Å². The van der Waals surface area contributed by atoms with Gasteiger partial charge in [-0.05, 0) is 24.1 Å². The van der Waals surface area contributed by atoms with Gasteiger partial charge in [0, 0.05) is 13.2 Å². The fourth-order valence-electron chi connectivity index (χ4n) is 1.99. The molecule has 17 heavy (non-hydrogen) atoms. The van der Waals surface area contributed by atoms with Crippen LogP contribution in [0.15, 0.2) is 36.5 Å². The van der Waals surface area contributed by atoms with E-state index in [-0.39, 0.29) is 6.42 Å². The first kappa shape index (κ1) is 11.5. The zero-order chi connectivity index (χ0) is 12.4. The summed E-state index contributed by atoms with van der Waals surface area (Å²) in [5, 5.41) is 8.88. The fourth-order valence-corrected chi connectivity index (χ4v) is 1.99. The molecule has 0 saturated carbocycles. The highest BCUT2D eigenvalue weighted by molar-refractivity contribution is 5.75.